The molecule has 104 valence electrons. The normalized spacial score (nSPS) is 11.7. The Morgan fingerprint density at radius 3 is 2.63 bits per heavy atom. The van der Waals surface area contributed by atoms with E-state index in [1.54, 1.807) is 6.92 Å². The molecule has 0 saturated carbocycles. The van der Waals surface area contributed by atoms with Crippen molar-refractivity contribution in [2.75, 3.05) is 11.9 Å². The molecule has 1 atom stereocenters. The highest BCUT2D eigenvalue weighted by atomic mass is 19.1. The van der Waals surface area contributed by atoms with E-state index < -0.39 is 23.9 Å². The standard InChI is InChI=1S/C12H15FN2O4/c1-7-2-3-8(6-9(7)13)14-12(19)15-10(4-5-16)11(17)18/h2-3,6,10,16H,4-5H2,1H3,(H,17,18)(H2,14,15,19)/t10-/m0/s1. The van der Waals surface area contributed by atoms with Crippen molar-refractivity contribution in [3.8, 4) is 0 Å². The first-order valence-corrected chi connectivity index (χ1v) is 5.61. The minimum absolute atomic E-state index is 0.106. The van der Waals surface area contributed by atoms with Crippen LogP contribution in [-0.2, 0) is 4.79 Å². The van der Waals surface area contributed by atoms with Crippen LogP contribution in [0.4, 0.5) is 14.9 Å². The van der Waals surface area contributed by atoms with Gasteiger partial charge in [-0.3, -0.25) is 0 Å². The summed E-state index contributed by atoms with van der Waals surface area (Å²) < 4.78 is 13.2. The second-order valence-electron chi connectivity index (χ2n) is 3.97. The molecule has 0 aliphatic rings. The number of aliphatic carboxylic acids is 1. The van der Waals surface area contributed by atoms with Crippen LogP contribution in [0.15, 0.2) is 18.2 Å². The number of halogens is 1. The lowest BCUT2D eigenvalue weighted by atomic mass is 10.2. The lowest BCUT2D eigenvalue weighted by molar-refractivity contribution is -0.139. The molecule has 1 rings (SSSR count). The Morgan fingerprint density at radius 2 is 2.11 bits per heavy atom. The first-order chi connectivity index (χ1) is 8.93. The molecule has 0 aliphatic carbocycles. The van der Waals surface area contributed by atoms with Crippen molar-refractivity contribution in [3.63, 3.8) is 0 Å². The molecule has 0 fully saturated rings. The summed E-state index contributed by atoms with van der Waals surface area (Å²) in [6.45, 7) is 1.22. The number of carbonyl (C=O) groups is 2. The molecule has 0 saturated heterocycles. The zero-order valence-corrected chi connectivity index (χ0v) is 10.3. The highest BCUT2D eigenvalue weighted by Crippen LogP contribution is 2.13. The largest absolute Gasteiger partial charge is 0.480 e. The van der Waals surface area contributed by atoms with Gasteiger partial charge in [-0.05, 0) is 24.6 Å². The third kappa shape index (κ3) is 4.55. The van der Waals surface area contributed by atoms with Gasteiger partial charge in [0.25, 0.3) is 0 Å². The Balaban J connectivity index is 2.63. The number of benzene rings is 1. The number of urea groups is 1. The van der Waals surface area contributed by atoms with Crippen molar-refractivity contribution in [2.45, 2.75) is 19.4 Å². The van der Waals surface area contributed by atoms with Crippen molar-refractivity contribution < 1.29 is 24.2 Å². The van der Waals surface area contributed by atoms with Crippen molar-refractivity contribution in [1.82, 2.24) is 5.32 Å². The number of anilines is 1. The predicted molar refractivity (Wildman–Crippen MR) is 66.4 cm³/mol. The van der Waals surface area contributed by atoms with Crippen molar-refractivity contribution >= 4 is 17.7 Å². The van der Waals surface area contributed by atoms with Gasteiger partial charge in [-0.2, -0.15) is 0 Å². The average Bonchev–Trinajstić information content (AvgIpc) is 2.33. The molecule has 0 spiro atoms. The third-order valence-electron chi connectivity index (χ3n) is 2.45. The Bertz CT molecular complexity index is 479. The van der Waals surface area contributed by atoms with Crippen molar-refractivity contribution in [2.24, 2.45) is 0 Å². The van der Waals surface area contributed by atoms with Crippen LogP contribution in [0.25, 0.3) is 0 Å². The number of carboxylic acids is 1. The van der Waals surface area contributed by atoms with Gasteiger partial charge in [0.15, 0.2) is 0 Å². The van der Waals surface area contributed by atoms with Gasteiger partial charge in [0.05, 0.1) is 0 Å². The average molecular weight is 270 g/mol. The van der Waals surface area contributed by atoms with E-state index in [-0.39, 0.29) is 18.7 Å². The highest BCUT2D eigenvalue weighted by Gasteiger charge is 2.19. The molecule has 2 amide bonds. The van der Waals surface area contributed by atoms with E-state index in [0.29, 0.717) is 5.56 Å². The predicted octanol–water partition coefficient (Wildman–Crippen LogP) is 1.09. The number of aliphatic hydroxyl groups excluding tert-OH is 1. The van der Waals surface area contributed by atoms with Crippen LogP contribution in [0, 0.1) is 12.7 Å². The number of hydrogen-bond donors (Lipinski definition) is 4. The van der Waals surface area contributed by atoms with Gasteiger partial charge in [0.1, 0.15) is 11.9 Å². The number of rotatable bonds is 5. The molecule has 19 heavy (non-hydrogen) atoms. The van der Waals surface area contributed by atoms with Gasteiger partial charge in [-0.1, -0.05) is 6.07 Å². The Morgan fingerprint density at radius 1 is 1.42 bits per heavy atom. The van der Waals surface area contributed by atoms with Crippen LogP contribution >= 0.6 is 0 Å². The summed E-state index contributed by atoms with van der Waals surface area (Å²) in [4.78, 5) is 22.3. The minimum Gasteiger partial charge on any atom is -0.480 e. The maximum atomic E-state index is 13.2. The van der Waals surface area contributed by atoms with E-state index >= 15 is 0 Å². The lowest BCUT2D eigenvalue weighted by Crippen LogP contribution is -2.43. The van der Waals surface area contributed by atoms with Crippen LogP contribution in [-0.4, -0.2) is 34.9 Å². The summed E-state index contributed by atoms with van der Waals surface area (Å²) >= 11 is 0. The monoisotopic (exact) mass is 270 g/mol. The molecule has 0 radical (unpaired) electrons. The molecule has 1 aromatic rings. The number of amides is 2. The summed E-state index contributed by atoms with van der Waals surface area (Å²) in [6.07, 6.45) is -0.106. The maximum Gasteiger partial charge on any atom is 0.326 e. The van der Waals surface area contributed by atoms with Crippen LogP contribution in [0.5, 0.6) is 0 Å². The van der Waals surface area contributed by atoms with E-state index in [2.05, 4.69) is 10.6 Å². The quantitative estimate of drug-likeness (QED) is 0.643. The molecule has 6 nitrogen and oxygen atoms in total. The molecular formula is C12H15FN2O4. The first kappa shape index (κ1) is 14.9. The molecule has 0 aromatic heterocycles. The molecule has 4 N–H and O–H groups in total. The Labute approximate surface area is 109 Å². The summed E-state index contributed by atoms with van der Waals surface area (Å²) in [6, 6.07) is 2.16. The highest BCUT2D eigenvalue weighted by molar-refractivity contribution is 5.92. The van der Waals surface area contributed by atoms with Gasteiger partial charge in [-0.15, -0.1) is 0 Å². The zero-order valence-electron chi connectivity index (χ0n) is 10.3. The topological polar surface area (TPSA) is 98.7 Å². The molecule has 0 aliphatic heterocycles. The Hall–Kier alpha value is -2.15. The van der Waals surface area contributed by atoms with Crippen LogP contribution in [0.3, 0.4) is 0 Å². The van der Waals surface area contributed by atoms with Crippen LogP contribution < -0.4 is 10.6 Å². The third-order valence-corrected chi connectivity index (χ3v) is 2.45. The van der Waals surface area contributed by atoms with Crippen LogP contribution in [0.1, 0.15) is 12.0 Å². The summed E-state index contributed by atoms with van der Waals surface area (Å²) in [5.74, 6) is -1.72. The van der Waals surface area contributed by atoms with E-state index in [1.165, 1.54) is 12.1 Å². The molecular weight excluding hydrogens is 255 g/mol. The molecule has 0 unspecified atom stereocenters. The smallest absolute Gasteiger partial charge is 0.326 e. The fourth-order valence-corrected chi connectivity index (χ4v) is 1.38. The van der Waals surface area contributed by atoms with Gasteiger partial charge in [0.2, 0.25) is 0 Å². The molecule has 0 heterocycles. The van der Waals surface area contributed by atoms with Gasteiger partial charge in [-0.25, -0.2) is 14.0 Å². The van der Waals surface area contributed by atoms with Gasteiger partial charge in [0, 0.05) is 18.7 Å². The SMILES string of the molecule is Cc1ccc(NC(=O)N[C@@H](CCO)C(=O)O)cc1F. The zero-order chi connectivity index (χ0) is 14.4. The number of nitrogens with one attached hydrogen (secondary N) is 2. The number of aliphatic hydroxyl groups is 1. The molecule has 1 aromatic carbocycles. The van der Waals surface area contributed by atoms with Gasteiger partial charge >= 0.3 is 12.0 Å². The second-order valence-corrected chi connectivity index (χ2v) is 3.97. The maximum absolute atomic E-state index is 13.2. The second kappa shape index (κ2) is 6.69. The lowest BCUT2D eigenvalue weighted by Gasteiger charge is -2.14. The summed E-state index contributed by atoms with van der Waals surface area (Å²) in [7, 11) is 0. The first-order valence-electron chi connectivity index (χ1n) is 5.61. The van der Waals surface area contributed by atoms with E-state index in [4.69, 9.17) is 10.2 Å². The Kier molecular flexibility index (Phi) is 5.25. The van der Waals surface area contributed by atoms with Crippen LogP contribution in [0.2, 0.25) is 0 Å². The number of hydrogen-bond acceptors (Lipinski definition) is 3. The summed E-state index contributed by atoms with van der Waals surface area (Å²) in [5.41, 5.74) is 0.656. The number of aryl methyl sites for hydroxylation is 1. The van der Waals surface area contributed by atoms with Gasteiger partial charge < -0.3 is 20.8 Å². The van der Waals surface area contributed by atoms with E-state index in [0.717, 1.165) is 6.07 Å². The number of carbonyl (C=O) groups excluding carboxylic acids is 1. The summed E-state index contributed by atoms with van der Waals surface area (Å²) in [5, 5.41) is 21.9. The van der Waals surface area contributed by atoms with Crippen molar-refractivity contribution in [3.05, 3.63) is 29.6 Å². The molecule has 7 heteroatoms. The fraction of sp³-hybridized carbons (Fsp3) is 0.333. The van der Waals surface area contributed by atoms with E-state index in [1.807, 2.05) is 0 Å². The molecule has 0 bridgehead atoms. The minimum atomic E-state index is -1.25. The van der Waals surface area contributed by atoms with E-state index in [9.17, 15) is 14.0 Å². The van der Waals surface area contributed by atoms with Crippen molar-refractivity contribution in [1.29, 1.82) is 0 Å². The fourth-order valence-electron chi connectivity index (χ4n) is 1.38. The number of carboxylic acid groups (broad SMARTS) is 1.